The zero-order valence-electron chi connectivity index (χ0n) is 15.8. The van der Waals surface area contributed by atoms with E-state index in [1.165, 1.54) is 22.5 Å². The lowest BCUT2D eigenvalue weighted by Gasteiger charge is -2.19. The van der Waals surface area contributed by atoms with E-state index >= 15 is 0 Å². The maximum Gasteiger partial charge on any atom is 0.253 e. The first-order valence-electron chi connectivity index (χ1n) is 9.08. The van der Waals surface area contributed by atoms with Crippen LogP contribution in [0.2, 0.25) is 5.02 Å². The summed E-state index contributed by atoms with van der Waals surface area (Å²) in [5.41, 5.74) is 0.944. The molecule has 0 unspecified atom stereocenters. The van der Waals surface area contributed by atoms with E-state index < -0.39 is 15.9 Å². The van der Waals surface area contributed by atoms with Crippen molar-refractivity contribution in [1.82, 2.24) is 9.62 Å². The third-order valence-corrected chi connectivity index (χ3v) is 7.06. The smallest absolute Gasteiger partial charge is 0.253 e. The number of amides is 1. The van der Waals surface area contributed by atoms with Crippen LogP contribution in [0.4, 0.5) is 0 Å². The molecule has 1 heterocycles. The van der Waals surface area contributed by atoms with Gasteiger partial charge in [0.05, 0.1) is 28.6 Å². The molecule has 28 heavy (non-hydrogen) atoms. The second-order valence-electron chi connectivity index (χ2n) is 6.69. The van der Waals surface area contributed by atoms with E-state index in [4.69, 9.17) is 16.3 Å². The molecule has 1 saturated heterocycles. The van der Waals surface area contributed by atoms with E-state index in [1.54, 1.807) is 7.11 Å². The van der Waals surface area contributed by atoms with Crippen LogP contribution < -0.4 is 10.1 Å². The van der Waals surface area contributed by atoms with E-state index in [-0.39, 0.29) is 21.5 Å². The molecular formula is C20H23ClN2O4S. The first kappa shape index (κ1) is 20.6. The average molecular weight is 423 g/mol. The van der Waals surface area contributed by atoms with E-state index in [0.29, 0.717) is 18.8 Å². The summed E-state index contributed by atoms with van der Waals surface area (Å²) in [5, 5.41) is 3.06. The highest BCUT2D eigenvalue weighted by atomic mass is 35.5. The highest BCUT2D eigenvalue weighted by molar-refractivity contribution is 7.89. The van der Waals surface area contributed by atoms with E-state index in [9.17, 15) is 13.2 Å². The van der Waals surface area contributed by atoms with Crippen LogP contribution >= 0.6 is 11.6 Å². The molecule has 3 rings (SSSR count). The Morgan fingerprint density at radius 1 is 1.18 bits per heavy atom. The lowest BCUT2D eigenvalue weighted by atomic mass is 10.1. The van der Waals surface area contributed by atoms with Gasteiger partial charge in [-0.05, 0) is 44.0 Å². The minimum Gasteiger partial charge on any atom is -0.496 e. The van der Waals surface area contributed by atoms with Gasteiger partial charge < -0.3 is 10.1 Å². The number of methoxy groups -OCH3 is 1. The third-order valence-electron chi connectivity index (χ3n) is 4.84. The number of benzene rings is 2. The number of halogens is 1. The van der Waals surface area contributed by atoms with Crippen molar-refractivity contribution in [3.8, 4) is 5.75 Å². The fourth-order valence-electron chi connectivity index (χ4n) is 3.29. The Kier molecular flexibility index (Phi) is 6.27. The summed E-state index contributed by atoms with van der Waals surface area (Å²) < 4.78 is 32.3. The molecule has 0 bridgehead atoms. The van der Waals surface area contributed by atoms with Crippen molar-refractivity contribution < 1.29 is 17.9 Å². The molecule has 2 aromatic rings. The molecule has 0 aromatic heterocycles. The molecule has 150 valence electrons. The summed E-state index contributed by atoms with van der Waals surface area (Å²) in [5.74, 6) is 0.216. The third kappa shape index (κ3) is 4.16. The van der Waals surface area contributed by atoms with Crippen LogP contribution in [-0.2, 0) is 10.0 Å². The van der Waals surface area contributed by atoms with E-state index in [1.807, 2.05) is 31.2 Å². The monoisotopic (exact) mass is 422 g/mol. The Bertz CT molecular complexity index is 972. The number of carbonyl (C=O) groups is 1. The largest absolute Gasteiger partial charge is 0.496 e. The number of hydrogen-bond acceptors (Lipinski definition) is 4. The number of sulfonamides is 1. The lowest BCUT2D eigenvalue weighted by molar-refractivity contribution is 0.0939. The molecule has 1 amide bonds. The molecule has 0 aliphatic carbocycles. The van der Waals surface area contributed by atoms with Gasteiger partial charge in [-0.2, -0.15) is 4.31 Å². The predicted octanol–water partition coefficient (Wildman–Crippen LogP) is 3.62. The van der Waals surface area contributed by atoms with Crippen LogP contribution in [0.5, 0.6) is 5.75 Å². The Morgan fingerprint density at radius 2 is 1.86 bits per heavy atom. The van der Waals surface area contributed by atoms with Crippen LogP contribution in [0.3, 0.4) is 0 Å². The molecule has 8 heteroatoms. The molecule has 1 aliphatic heterocycles. The Labute approximate surface area is 170 Å². The minimum atomic E-state index is -3.63. The number of rotatable bonds is 6. The molecule has 2 aromatic carbocycles. The molecule has 6 nitrogen and oxygen atoms in total. The molecule has 0 saturated carbocycles. The lowest BCUT2D eigenvalue weighted by Crippen LogP contribution is -2.29. The van der Waals surface area contributed by atoms with Crippen molar-refractivity contribution in [2.75, 3.05) is 20.2 Å². The first-order chi connectivity index (χ1) is 13.3. The summed E-state index contributed by atoms with van der Waals surface area (Å²) in [6.45, 7) is 2.82. The predicted molar refractivity (Wildman–Crippen MR) is 108 cm³/mol. The first-order valence-corrected chi connectivity index (χ1v) is 10.9. The Balaban J connectivity index is 1.85. The Hall–Kier alpha value is -2.09. The van der Waals surface area contributed by atoms with Crippen LogP contribution in [-0.4, -0.2) is 38.8 Å². The molecule has 0 radical (unpaired) electrons. The fraction of sp³-hybridized carbons (Fsp3) is 0.350. The van der Waals surface area contributed by atoms with Crippen LogP contribution in [0.1, 0.15) is 41.7 Å². The van der Waals surface area contributed by atoms with E-state index in [2.05, 4.69) is 5.32 Å². The number of nitrogens with one attached hydrogen (secondary N) is 1. The number of nitrogens with zero attached hydrogens (tertiary/aromatic N) is 1. The standard InChI is InChI=1S/C20H23ClN2O4S/c1-14(16-7-3-4-8-19(16)27-2)22-20(24)17-13-15(9-10-18(17)21)28(25,26)23-11-5-6-12-23/h3-4,7-10,13-14H,5-6,11-12H2,1-2H3,(H,22,24)/t14-/m0/s1. The second kappa shape index (κ2) is 8.51. The average Bonchev–Trinajstić information content (AvgIpc) is 3.23. The van der Waals surface area contributed by atoms with Crippen molar-refractivity contribution in [2.45, 2.75) is 30.7 Å². The molecular weight excluding hydrogens is 400 g/mol. The maximum absolute atomic E-state index is 12.8. The fourth-order valence-corrected chi connectivity index (χ4v) is 5.04. The quantitative estimate of drug-likeness (QED) is 0.771. The number of carbonyl (C=O) groups excluding carboxylic acids is 1. The van der Waals surface area contributed by atoms with E-state index in [0.717, 1.165) is 18.4 Å². The minimum absolute atomic E-state index is 0.0777. The van der Waals surface area contributed by atoms with Crippen molar-refractivity contribution in [3.63, 3.8) is 0 Å². The highest BCUT2D eigenvalue weighted by Gasteiger charge is 2.28. The van der Waals surface area contributed by atoms with Gasteiger partial charge in [-0.25, -0.2) is 8.42 Å². The second-order valence-corrected chi connectivity index (χ2v) is 9.04. The molecule has 0 spiro atoms. The summed E-state index contributed by atoms with van der Waals surface area (Å²) in [7, 11) is -2.06. The number of para-hydroxylation sites is 1. The van der Waals surface area contributed by atoms with Gasteiger partial charge in [-0.15, -0.1) is 0 Å². The van der Waals surface area contributed by atoms with Gasteiger partial charge in [-0.3, -0.25) is 4.79 Å². The van der Waals surface area contributed by atoms with Crippen molar-refractivity contribution in [2.24, 2.45) is 0 Å². The summed E-state index contributed by atoms with van der Waals surface area (Å²) >= 11 is 6.19. The van der Waals surface area contributed by atoms with Crippen LogP contribution in [0.25, 0.3) is 0 Å². The van der Waals surface area contributed by atoms with Crippen molar-refractivity contribution in [1.29, 1.82) is 0 Å². The van der Waals surface area contributed by atoms with Crippen LogP contribution in [0.15, 0.2) is 47.4 Å². The van der Waals surface area contributed by atoms with Gasteiger partial charge in [-0.1, -0.05) is 29.8 Å². The zero-order chi connectivity index (χ0) is 20.3. The van der Waals surface area contributed by atoms with Gasteiger partial charge in [0.1, 0.15) is 5.75 Å². The molecule has 1 aliphatic rings. The van der Waals surface area contributed by atoms with Gasteiger partial charge >= 0.3 is 0 Å². The van der Waals surface area contributed by atoms with Crippen molar-refractivity contribution >= 4 is 27.5 Å². The summed E-state index contributed by atoms with van der Waals surface area (Å²) in [4.78, 5) is 12.9. The molecule has 1 atom stereocenters. The Morgan fingerprint density at radius 3 is 2.54 bits per heavy atom. The number of hydrogen-bond donors (Lipinski definition) is 1. The van der Waals surface area contributed by atoms with Crippen LogP contribution in [0, 0.1) is 0 Å². The molecule has 1 fully saturated rings. The van der Waals surface area contributed by atoms with Gasteiger partial charge in [0, 0.05) is 18.7 Å². The highest BCUT2D eigenvalue weighted by Crippen LogP contribution is 2.27. The summed E-state index contributed by atoms with van der Waals surface area (Å²) in [6, 6.07) is 11.3. The SMILES string of the molecule is COc1ccccc1[C@H](C)NC(=O)c1cc(S(=O)(=O)N2CCCC2)ccc1Cl. The van der Waals surface area contributed by atoms with Gasteiger partial charge in [0.25, 0.3) is 5.91 Å². The van der Waals surface area contributed by atoms with Gasteiger partial charge in [0.15, 0.2) is 0 Å². The maximum atomic E-state index is 12.8. The topological polar surface area (TPSA) is 75.7 Å². The summed E-state index contributed by atoms with van der Waals surface area (Å²) in [6.07, 6.45) is 1.69. The van der Waals surface area contributed by atoms with Gasteiger partial charge in [0.2, 0.25) is 10.0 Å². The molecule has 1 N–H and O–H groups in total. The zero-order valence-corrected chi connectivity index (χ0v) is 17.4. The number of ether oxygens (including phenoxy) is 1. The van der Waals surface area contributed by atoms with Crippen molar-refractivity contribution in [3.05, 3.63) is 58.6 Å². The normalized spacial score (nSPS) is 16.0.